The third-order valence-electron chi connectivity index (χ3n) is 2.88. The van der Waals surface area contributed by atoms with Crippen LogP contribution in [0.4, 0.5) is 0 Å². The summed E-state index contributed by atoms with van der Waals surface area (Å²) < 4.78 is 9.40. The van der Waals surface area contributed by atoms with E-state index in [1.165, 1.54) is 4.90 Å². The van der Waals surface area contributed by atoms with E-state index in [4.69, 9.17) is 4.74 Å². The molecular weight excluding hydrogens is 274 g/mol. The highest BCUT2D eigenvalue weighted by atomic mass is 16.6. The van der Waals surface area contributed by atoms with Gasteiger partial charge in [-0.05, 0) is 19.4 Å². The quantitative estimate of drug-likeness (QED) is 0.534. The lowest BCUT2D eigenvalue weighted by molar-refractivity contribution is -0.159. The number of carbonyl (C=O) groups excluding carboxylic acids is 3. The van der Waals surface area contributed by atoms with Crippen LogP contribution < -0.4 is 0 Å². The van der Waals surface area contributed by atoms with Crippen LogP contribution in [0.5, 0.6) is 0 Å². The van der Waals surface area contributed by atoms with Crippen molar-refractivity contribution in [2.75, 3.05) is 19.8 Å². The van der Waals surface area contributed by atoms with E-state index in [9.17, 15) is 14.4 Å². The van der Waals surface area contributed by atoms with Crippen LogP contribution in [0.1, 0.15) is 25.5 Å². The SMILES string of the molecule is CCOC(=O)COC(=O)CN(C=O)[C@H](C)c1ccccc1. The van der Waals surface area contributed by atoms with Crippen molar-refractivity contribution in [3.63, 3.8) is 0 Å². The topological polar surface area (TPSA) is 72.9 Å². The van der Waals surface area contributed by atoms with Gasteiger partial charge in [-0.15, -0.1) is 0 Å². The minimum atomic E-state index is -0.655. The van der Waals surface area contributed by atoms with Gasteiger partial charge in [-0.25, -0.2) is 4.79 Å². The van der Waals surface area contributed by atoms with E-state index in [0.29, 0.717) is 6.41 Å². The summed E-state index contributed by atoms with van der Waals surface area (Å²) in [4.78, 5) is 35.1. The molecule has 0 heterocycles. The molecule has 114 valence electrons. The lowest BCUT2D eigenvalue weighted by Crippen LogP contribution is -2.33. The Morgan fingerprint density at radius 1 is 1.19 bits per heavy atom. The predicted octanol–water partition coefficient (Wildman–Crippen LogP) is 1.31. The summed E-state index contributed by atoms with van der Waals surface area (Å²) in [5.74, 6) is -1.27. The third-order valence-corrected chi connectivity index (χ3v) is 2.88. The second kappa shape index (κ2) is 8.73. The van der Waals surface area contributed by atoms with E-state index < -0.39 is 18.5 Å². The van der Waals surface area contributed by atoms with E-state index >= 15 is 0 Å². The molecule has 21 heavy (non-hydrogen) atoms. The van der Waals surface area contributed by atoms with Gasteiger partial charge in [0.25, 0.3) is 0 Å². The first-order valence-corrected chi connectivity index (χ1v) is 6.65. The summed E-state index contributed by atoms with van der Waals surface area (Å²) in [6, 6.07) is 9.05. The molecule has 0 spiro atoms. The van der Waals surface area contributed by atoms with Gasteiger partial charge in [0.2, 0.25) is 6.41 Å². The number of amides is 1. The number of hydrogen-bond donors (Lipinski definition) is 0. The van der Waals surface area contributed by atoms with Gasteiger partial charge in [0.05, 0.1) is 12.6 Å². The van der Waals surface area contributed by atoms with Crippen molar-refractivity contribution in [3.8, 4) is 0 Å². The van der Waals surface area contributed by atoms with E-state index in [-0.39, 0.29) is 19.2 Å². The fourth-order valence-corrected chi connectivity index (χ4v) is 1.73. The van der Waals surface area contributed by atoms with Gasteiger partial charge in [0.1, 0.15) is 6.54 Å². The average Bonchev–Trinajstić information content (AvgIpc) is 2.51. The fraction of sp³-hybridized carbons (Fsp3) is 0.400. The van der Waals surface area contributed by atoms with Gasteiger partial charge in [-0.2, -0.15) is 0 Å². The minimum Gasteiger partial charge on any atom is -0.463 e. The Bertz CT molecular complexity index is 474. The van der Waals surface area contributed by atoms with Crippen molar-refractivity contribution >= 4 is 18.3 Å². The molecule has 0 N–H and O–H groups in total. The molecular formula is C15H19NO5. The Labute approximate surface area is 123 Å². The maximum absolute atomic E-state index is 11.6. The van der Waals surface area contributed by atoms with Crippen LogP contribution in [-0.4, -0.2) is 43.0 Å². The molecule has 0 bridgehead atoms. The highest BCUT2D eigenvalue weighted by Gasteiger charge is 2.18. The van der Waals surface area contributed by atoms with Crippen molar-refractivity contribution in [2.24, 2.45) is 0 Å². The highest BCUT2D eigenvalue weighted by Crippen LogP contribution is 2.17. The Morgan fingerprint density at radius 2 is 1.86 bits per heavy atom. The van der Waals surface area contributed by atoms with Crippen LogP contribution in [-0.2, 0) is 23.9 Å². The Hall–Kier alpha value is -2.37. The molecule has 0 fully saturated rings. The first kappa shape index (κ1) is 16.7. The maximum atomic E-state index is 11.6. The third kappa shape index (κ3) is 5.64. The van der Waals surface area contributed by atoms with Gasteiger partial charge in [-0.3, -0.25) is 9.59 Å². The summed E-state index contributed by atoms with van der Waals surface area (Å²) in [6.07, 6.45) is 0.587. The van der Waals surface area contributed by atoms with Gasteiger partial charge in [0, 0.05) is 0 Å². The largest absolute Gasteiger partial charge is 0.463 e. The van der Waals surface area contributed by atoms with E-state index in [1.807, 2.05) is 37.3 Å². The average molecular weight is 293 g/mol. The van der Waals surface area contributed by atoms with Crippen molar-refractivity contribution in [2.45, 2.75) is 19.9 Å². The van der Waals surface area contributed by atoms with Crippen LogP contribution in [0.3, 0.4) is 0 Å². The smallest absolute Gasteiger partial charge is 0.344 e. The number of hydrogen-bond acceptors (Lipinski definition) is 5. The minimum absolute atomic E-state index is 0.223. The van der Waals surface area contributed by atoms with Crippen LogP contribution in [0.25, 0.3) is 0 Å². The lowest BCUT2D eigenvalue weighted by atomic mass is 10.1. The van der Waals surface area contributed by atoms with Crippen LogP contribution in [0.2, 0.25) is 0 Å². The highest BCUT2D eigenvalue weighted by molar-refractivity contribution is 5.78. The molecule has 1 atom stereocenters. The number of esters is 2. The summed E-state index contributed by atoms with van der Waals surface area (Å²) in [5.41, 5.74) is 0.905. The van der Waals surface area contributed by atoms with E-state index in [0.717, 1.165) is 5.56 Å². The predicted molar refractivity (Wildman–Crippen MR) is 75.2 cm³/mol. The van der Waals surface area contributed by atoms with Crippen LogP contribution in [0, 0.1) is 0 Å². The lowest BCUT2D eigenvalue weighted by Gasteiger charge is -2.24. The van der Waals surface area contributed by atoms with Crippen LogP contribution >= 0.6 is 0 Å². The maximum Gasteiger partial charge on any atom is 0.344 e. The zero-order valence-corrected chi connectivity index (χ0v) is 12.2. The summed E-state index contributed by atoms with van der Waals surface area (Å²) in [6.45, 7) is 3.03. The Balaban J connectivity index is 2.52. The first-order valence-electron chi connectivity index (χ1n) is 6.65. The zero-order valence-electron chi connectivity index (χ0n) is 12.2. The van der Waals surface area contributed by atoms with Crippen molar-refractivity contribution in [1.82, 2.24) is 4.90 Å². The number of rotatable bonds is 8. The standard InChI is InChI=1S/C15H19NO5/c1-3-20-15(19)10-21-14(18)9-16(11-17)12(2)13-7-5-4-6-8-13/h4-8,11-12H,3,9-10H2,1-2H3/t12-/m1/s1. The second-order valence-corrected chi connectivity index (χ2v) is 4.33. The Morgan fingerprint density at radius 3 is 2.43 bits per heavy atom. The molecule has 0 saturated carbocycles. The zero-order chi connectivity index (χ0) is 15.7. The van der Waals surface area contributed by atoms with Crippen molar-refractivity contribution in [3.05, 3.63) is 35.9 Å². The number of nitrogens with zero attached hydrogens (tertiary/aromatic N) is 1. The normalized spacial score (nSPS) is 11.3. The molecule has 0 aliphatic carbocycles. The van der Waals surface area contributed by atoms with Crippen molar-refractivity contribution < 1.29 is 23.9 Å². The molecule has 1 rings (SSSR count). The van der Waals surface area contributed by atoms with Gasteiger partial charge >= 0.3 is 11.9 Å². The molecule has 1 aromatic rings. The molecule has 0 aliphatic heterocycles. The number of benzene rings is 1. The molecule has 6 nitrogen and oxygen atoms in total. The molecule has 0 radical (unpaired) electrons. The molecule has 6 heteroatoms. The molecule has 0 aromatic heterocycles. The van der Waals surface area contributed by atoms with E-state index in [1.54, 1.807) is 6.92 Å². The molecule has 0 aliphatic rings. The number of ether oxygens (including phenoxy) is 2. The summed E-state index contributed by atoms with van der Waals surface area (Å²) in [5, 5.41) is 0. The van der Waals surface area contributed by atoms with Gasteiger partial charge in [0.15, 0.2) is 6.61 Å². The van der Waals surface area contributed by atoms with Gasteiger partial charge in [-0.1, -0.05) is 30.3 Å². The van der Waals surface area contributed by atoms with Crippen LogP contribution in [0.15, 0.2) is 30.3 Å². The molecule has 1 amide bonds. The number of carbonyl (C=O) groups is 3. The Kier molecular flexibility index (Phi) is 6.94. The van der Waals surface area contributed by atoms with Gasteiger partial charge < -0.3 is 14.4 Å². The fourth-order valence-electron chi connectivity index (χ4n) is 1.73. The second-order valence-electron chi connectivity index (χ2n) is 4.33. The van der Waals surface area contributed by atoms with E-state index in [2.05, 4.69) is 4.74 Å². The summed E-state index contributed by atoms with van der Waals surface area (Å²) >= 11 is 0. The summed E-state index contributed by atoms with van der Waals surface area (Å²) in [7, 11) is 0. The molecule has 1 aromatic carbocycles. The monoisotopic (exact) mass is 293 g/mol. The molecule has 0 saturated heterocycles. The molecule has 0 unspecified atom stereocenters. The van der Waals surface area contributed by atoms with Crippen molar-refractivity contribution in [1.29, 1.82) is 0 Å². The first-order chi connectivity index (χ1) is 10.1.